The van der Waals surface area contributed by atoms with E-state index in [1.54, 1.807) is 4.88 Å². The minimum absolute atomic E-state index is 1.19. The van der Waals surface area contributed by atoms with Crippen molar-refractivity contribution in [1.29, 1.82) is 0 Å². The standard InChI is InChI=1S/C16H12S/c1-2-6-12-10-16-14(9-11(12)5-1)13-7-3-4-8-15(13)17-16/h1-3,5-7,9-10H,4,8H2. The third-order valence-corrected chi connectivity index (χ3v) is 4.72. The zero-order chi connectivity index (χ0) is 11.2. The second-order valence-corrected chi connectivity index (χ2v) is 5.71. The Hall–Kier alpha value is -1.60. The lowest BCUT2D eigenvalue weighted by atomic mass is 10.0. The van der Waals surface area contributed by atoms with Gasteiger partial charge in [-0.2, -0.15) is 0 Å². The fourth-order valence-corrected chi connectivity index (χ4v) is 3.87. The fraction of sp³-hybridized carbons (Fsp3) is 0.125. The Labute approximate surface area is 104 Å². The first-order valence-electron chi connectivity index (χ1n) is 6.02. The molecule has 4 rings (SSSR count). The van der Waals surface area contributed by atoms with Crippen LogP contribution >= 0.6 is 11.3 Å². The average Bonchev–Trinajstić information content (AvgIpc) is 2.73. The molecule has 0 fully saturated rings. The van der Waals surface area contributed by atoms with Crippen molar-refractivity contribution in [2.45, 2.75) is 12.8 Å². The Balaban J connectivity index is 2.16. The van der Waals surface area contributed by atoms with Gasteiger partial charge >= 0.3 is 0 Å². The van der Waals surface area contributed by atoms with Crippen LogP contribution in [-0.4, -0.2) is 0 Å². The quantitative estimate of drug-likeness (QED) is 0.514. The van der Waals surface area contributed by atoms with Crippen LogP contribution in [0.2, 0.25) is 0 Å². The van der Waals surface area contributed by atoms with Gasteiger partial charge in [0.15, 0.2) is 0 Å². The smallest absolute Gasteiger partial charge is 0.0358 e. The molecule has 82 valence electrons. The third kappa shape index (κ3) is 1.36. The largest absolute Gasteiger partial charge is 0.140 e. The van der Waals surface area contributed by atoms with Gasteiger partial charge < -0.3 is 0 Å². The molecule has 1 aromatic heterocycles. The molecule has 0 radical (unpaired) electrons. The van der Waals surface area contributed by atoms with Crippen molar-refractivity contribution in [2.24, 2.45) is 0 Å². The maximum Gasteiger partial charge on any atom is 0.0358 e. The molecule has 2 aromatic carbocycles. The normalized spacial score (nSPS) is 14.4. The number of thiophene rings is 1. The van der Waals surface area contributed by atoms with Crippen molar-refractivity contribution in [3.8, 4) is 0 Å². The minimum Gasteiger partial charge on any atom is -0.140 e. The summed E-state index contributed by atoms with van der Waals surface area (Å²) in [6.07, 6.45) is 7.00. The molecule has 0 spiro atoms. The molecular weight excluding hydrogens is 224 g/mol. The highest BCUT2D eigenvalue weighted by Gasteiger charge is 2.12. The summed E-state index contributed by atoms with van der Waals surface area (Å²) in [5.41, 5.74) is 1.46. The molecule has 0 aliphatic heterocycles. The predicted octanol–water partition coefficient (Wildman–Crippen LogP) is 5.01. The Kier molecular flexibility index (Phi) is 1.91. The van der Waals surface area contributed by atoms with Crippen LogP contribution in [-0.2, 0) is 6.42 Å². The zero-order valence-corrected chi connectivity index (χ0v) is 10.3. The molecule has 17 heavy (non-hydrogen) atoms. The minimum atomic E-state index is 1.19. The van der Waals surface area contributed by atoms with Gasteiger partial charge in [0.05, 0.1) is 0 Å². The average molecular weight is 236 g/mol. The summed E-state index contributed by atoms with van der Waals surface area (Å²) >= 11 is 1.96. The van der Waals surface area contributed by atoms with Crippen LogP contribution in [0.5, 0.6) is 0 Å². The second kappa shape index (κ2) is 3.44. The van der Waals surface area contributed by atoms with E-state index in [0.29, 0.717) is 0 Å². The van der Waals surface area contributed by atoms with Crippen molar-refractivity contribution in [3.63, 3.8) is 0 Å². The van der Waals surface area contributed by atoms with Crippen LogP contribution in [0, 0.1) is 0 Å². The number of benzene rings is 2. The van der Waals surface area contributed by atoms with E-state index >= 15 is 0 Å². The van der Waals surface area contributed by atoms with Crippen LogP contribution < -0.4 is 0 Å². The summed E-state index contributed by atoms with van der Waals surface area (Å²) in [4.78, 5) is 1.55. The predicted molar refractivity (Wildman–Crippen MR) is 76.7 cm³/mol. The Morgan fingerprint density at radius 3 is 2.71 bits per heavy atom. The van der Waals surface area contributed by atoms with Crippen molar-refractivity contribution >= 4 is 38.3 Å². The molecule has 0 bridgehead atoms. The molecule has 1 heteroatoms. The molecular formula is C16H12S. The van der Waals surface area contributed by atoms with E-state index in [4.69, 9.17) is 0 Å². The summed E-state index contributed by atoms with van der Waals surface area (Å²) in [5.74, 6) is 0. The van der Waals surface area contributed by atoms with Gasteiger partial charge in [0.1, 0.15) is 0 Å². The SMILES string of the molecule is C1=Cc2c(sc3cc4ccccc4cc23)CC1. The van der Waals surface area contributed by atoms with E-state index in [1.807, 2.05) is 11.3 Å². The lowest BCUT2D eigenvalue weighted by Gasteiger charge is -2.03. The van der Waals surface area contributed by atoms with Gasteiger partial charge in [-0.1, -0.05) is 36.4 Å². The molecule has 0 unspecified atom stereocenters. The molecule has 3 aromatic rings. The molecule has 0 N–H and O–H groups in total. The van der Waals surface area contributed by atoms with Gasteiger partial charge in [-0.3, -0.25) is 0 Å². The Morgan fingerprint density at radius 1 is 1.00 bits per heavy atom. The lowest BCUT2D eigenvalue weighted by Crippen LogP contribution is -1.86. The van der Waals surface area contributed by atoms with Gasteiger partial charge in [-0.05, 0) is 41.3 Å². The van der Waals surface area contributed by atoms with E-state index in [1.165, 1.54) is 39.3 Å². The third-order valence-electron chi connectivity index (χ3n) is 3.49. The van der Waals surface area contributed by atoms with E-state index in [2.05, 4.69) is 48.6 Å². The van der Waals surface area contributed by atoms with Crippen LogP contribution in [0.4, 0.5) is 0 Å². The number of hydrogen-bond donors (Lipinski definition) is 0. The number of hydrogen-bond acceptors (Lipinski definition) is 1. The van der Waals surface area contributed by atoms with Crippen LogP contribution in [0.1, 0.15) is 16.9 Å². The first kappa shape index (κ1) is 9.43. The molecule has 1 heterocycles. The maximum atomic E-state index is 2.34. The van der Waals surface area contributed by atoms with Crippen LogP contribution in [0.15, 0.2) is 42.5 Å². The Bertz CT molecular complexity index is 747. The van der Waals surface area contributed by atoms with Gasteiger partial charge in [0, 0.05) is 15.0 Å². The Morgan fingerprint density at radius 2 is 1.82 bits per heavy atom. The zero-order valence-electron chi connectivity index (χ0n) is 9.44. The van der Waals surface area contributed by atoms with Crippen molar-refractivity contribution < 1.29 is 0 Å². The molecule has 0 atom stereocenters. The van der Waals surface area contributed by atoms with Gasteiger partial charge in [0.25, 0.3) is 0 Å². The van der Waals surface area contributed by atoms with E-state index in [0.717, 1.165) is 0 Å². The lowest BCUT2D eigenvalue weighted by molar-refractivity contribution is 1.02. The summed E-state index contributed by atoms with van der Waals surface area (Å²) in [5, 5.41) is 4.13. The highest BCUT2D eigenvalue weighted by Crippen LogP contribution is 2.37. The highest BCUT2D eigenvalue weighted by atomic mass is 32.1. The summed E-state index contributed by atoms with van der Waals surface area (Å²) < 4.78 is 1.43. The molecule has 0 saturated heterocycles. The topological polar surface area (TPSA) is 0 Å². The molecule has 1 aliphatic carbocycles. The van der Waals surface area contributed by atoms with E-state index in [-0.39, 0.29) is 0 Å². The molecule has 0 amide bonds. The van der Waals surface area contributed by atoms with Crippen molar-refractivity contribution in [2.75, 3.05) is 0 Å². The van der Waals surface area contributed by atoms with Crippen LogP contribution in [0.3, 0.4) is 0 Å². The van der Waals surface area contributed by atoms with Gasteiger partial charge in [-0.15, -0.1) is 11.3 Å². The number of fused-ring (bicyclic) bond motifs is 4. The summed E-state index contributed by atoms with van der Waals surface area (Å²) in [7, 11) is 0. The summed E-state index contributed by atoms with van der Waals surface area (Å²) in [6, 6.07) is 13.3. The summed E-state index contributed by atoms with van der Waals surface area (Å²) in [6.45, 7) is 0. The highest BCUT2D eigenvalue weighted by molar-refractivity contribution is 7.19. The number of allylic oxidation sites excluding steroid dienone is 1. The maximum absolute atomic E-state index is 2.34. The van der Waals surface area contributed by atoms with Gasteiger partial charge in [0.2, 0.25) is 0 Å². The van der Waals surface area contributed by atoms with Crippen molar-refractivity contribution in [3.05, 3.63) is 52.9 Å². The first-order chi connectivity index (χ1) is 8.42. The first-order valence-corrected chi connectivity index (χ1v) is 6.84. The second-order valence-electron chi connectivity index (χ2n) is 4.58. The monoisotopic (exact) mass is 236 g/mol. The van der Waals surface area contributed by atoms with Crippen LogP contribution in [0.25, 0.3) is 26.9 Å². The number of aryl methyl sites for hydroxylation is 1. The number of rotatable bonds is 0. The van der Waals surface area contributed by atoms with Gasteiger partial charge in [-0.25, -0.2) is 0 Å². The molecule has 1 aliphatic rings. The van der Waals surface area contributed by atoms with Crippen molar-refractivity contribution in [1.82, 2.24) is 0 Å². The molecule has 0 nitrogen and oxygen atoms in total. The van der Waals surface area contributed by atoms with E-state index < -0.39 is 0 Å². The fourth-order valence-electron chi connectivity index (χ4n) is 2.64. The van der Waals surface area contributed by atoms with E-state index in [9.17, 15) is 0 Å². The molecule has 0 saturated carbocycles.